The molecule has 13 heteroatoms. The zero-order valence-electron chi connectivity index (χ0n) is 17.0. The number of nitriles is 2. The third kappa shape index (κ3) is 6.65. The Labute approximate surface area is 186 Å². The lowest BCUT2D eigenvalue weighted by atomic mass is 10.1. The summed E-state index contributed by atoms with van der Waals surface area (Å²) < 4.78 is 86.7. The Morgan fingerprint density at radius 3 is 2.21 bits per heavy atom. The highest BCUT2D eigenvalue weighted by Crippen LogP contribution is 2.34. The van der Waals surface area contributed by atoms with Crippen molar-refractivity contribution in [2.45, 2.75) is 18.7 Å². The van der Waals surface area contributed by atoms with Gasteiger partial charge in [0.25, 0.3) is 16.0 Å². The molecule has 1 amide bonds. The average molecular weight is 485 g/mol. The van der Waals surface area contributed by atoms with Crippen molar-refractivity contribution in [3.05, 3.63) is 58.9 Å². The molecule has 0 heterocycles. The molecule has 0 unspecified atom stereocenters. The van der Waals surface area contributed by atoms with Crippen molar-refractivity contribution in [2.24, 2.45) is 0 Å². The number of ether oxygens (including phenoxy) is 1. The monoisotopic (exact) mass is 485 g/mol. The van der Waals surface area contributed by atoms with Crippen molar-refractivity contribution in [1.82, 2.24) is 0 Å². The molecule has 2 rings (SSSR count). The standard InChI is InChI=1S/C20H15F4N3O5S/c1-19(32-33(2,29)30,11-31-15-6-4-13(10-26)17(21)8-15)18(28)27-14-5-3-12(9-25)16(7-14)20(22,23)24/h3-8H,11H2,1-2H3,(H,27,28)/t19-/m0/s1. The van der Waals surface area contributed by atoms with Crippen molar-refractivity contribution >= 4 is 21.7 Å². The Kier molecular flexibility index (Phi) is 7.32. The average Bonchev–Trinajstić information content (AvgIpc) is 2.70. The van der Waals surface area contributed by atoms with Crippen LogP contribution in [0.3, 0.4) is 0 Å². The van der Waals surface area contributed by atoms with Crippen molar-refractivity contribution in [2.75, 3.05) is 18.2 Å². The fourth-order valence-electron chi connectivity index (χ4n) is 2.58. The van der Waals surface area contributed by atoms with E-state index >= 15 is 0 Å². The molecule has 33 heavy (non-hydrogen) atoms. The van der Waals surface area contributed by atoms with Gasteiger partial charge in [0.15, 0.2) is 5.60 Å². The zero-order chi connectivity index (χ0) is 25.0. The van der Waals surface area contributed by atoms with Crippen LogP contribution in [0.4, 0.5) is 23.2 Å². The number of hydrogen-bond donors (Lipinski definition) is 1. The Balaban J connectivity index is 2.33. The number of carbonyl (C=O) groups excluding carboxylic acids is 1. The Bertz CT molecular complexity index is 1270. The Hall–Kier alpha value is -3.68. The van der Waals surface area contributed by atoms with E-state index in [4.69, 9.17) is 19.4 Å². The van der Waals surface area contributed by atoms with Crippen LogP contribution in [0.1, 0.15) is 23.6 Å². The molecule has 2 aromatic carbocycles. The van der Waals surface area contributed by atoms with Crippen molar-refractivity contribution in [1.29, 1.82) is 10.5 Å². The molecule has 1 N–H and O–H groups in total. The van der Waals surface area contributed by atoms with E-state index in [9.17, 15) is 30.8 Å². The van der Waals surface area contributed by atoms with Gasteiger partial charge in [0.2, 0.25) is 0 Å². The predicted octanol–water partition coefficient (Wildman–Crippen LogP) is 3.34. The molecule has 0 bridgehead atoms. The number of amides is 1. The van der Waals surface area contributed by atoms with Gasteiger partial charge in [-0.25, -0.2) is 4.39 Å². The summed E-state index contributed by atoms with van der Waals surface area (Å²) >= 11 is 0. The molecule has 0 saturated carbocycles. The van der Waals surface area contributed by atoms with E-state index in [1.54, 1.807) is 6.07 Å². The molecular formula is C20H15F4N3O5S. The molecular weight excluding hydrogens is 470 g/mol. The molecule has 8 nitrogen and oxygen atoms in total. The van der Waals surface area contributed by atoms with Crippen LogP contribution in [0.5, 0.6) is 5.75 Å². The minimum absolute atomic E-state index is 0.166. The highest BCUT2D eigenvalue weighted by Gasteiger charge is 2.40. The second-order valence-corrected chi connectivity index (χ2v) is 8.46. The fourth-order valence-corrected chi connectivity index (χ4v) is 3.37. The number of rotatable bonds is 7. The van der Waals surface area contributed by atoms with Gasteiger partial charge in [0, 0.05) is 11.8 Å². The van der Waals surface area contributed by atoms with E-state index in [0.29, 0.717) is 12.3 Å². The number of halogens is 4. The molecule has 0 aromatic heterocycles. The largest absolute Gasteiger partial charge is 0.490 e. The van der Waals surface area contributed by atoms with Gasteiger partial charge < -0.3 is 10.1 Å². The zero-order valence-corrected chi connectivity index (χ0v) is 17.8. The summed E-state index contributed by atoms with van der Waals surface area (Å²) in [4.78, 5) is 12.8. The lowest BCUT2D eigenvalue weighted by Gasteiger charge is -2.27. The van der Waals surface area contributed by atoms with Gasteiger partial charge in [-0.3, -0.25) is 8.98 Å². The SMILES string of the molecule is C[C@@](COc1ccc(C#N)c(F)c1)(OS(C)(=O)=O)C(=O)Nc1ccc(C#N)c(C(F)(F)F)c1. The van der Waals surface area contributed by atoms with Crippen LogP contribution in [0.15, 0.2) is 36.4 Å². The van der Waals surface area contributed by atoms with Crippen LogP contribution in [0, 0.1) is 28.5 Å². The van der Waals surface area contributed by atoms with Gasteiger partial charge in [-0.15, -0.1) is 0 Å². The molecule has 0 spiro atoms. The minimum atomic E-state index is -4.89. The molecule has 2 aromatic rings. The summed E-state index contributed by atoms with van der Waals surface area (Å²) in [5.74, 6) is -2.29. The van der Waals surface area contributed by atoms with Crippen molar-refractivity contribution in [3.8, 4) is 17.9 Å². The first-order valence-corrected chi connectivity index (χ1v) is 10.7. The lowest BCUT2D eigenvalue weighted by molar-refractivity contribution is -0.138. The first-order chi connectivity index (χ1) is 15.2. The first kappa shape index (κ1) is 25.6. The normalized spacial score (nSPS) is 13.3. The smallest absolute Gasteiger partial charge is 0.417 e. The topological polar surface area (TPSA) is 129 Å². The maximum Gasteiger partial charge on any atom is 0.417 e. The quantitative estimate of drug-likeness (QED) is 0.470. The van der Waals surface area contributed by atoms with Crippen molar-refractivity contribution < 1.29 is 39.7 Å². The second kappa shape index (κ2) is 9.44. The predicted molar refractivity (Wildman–Crippen MR) is 106 cm³/mol. The third-order valence-electron chi connectivity index (χ3n) is 4.09. The van der Waals surface area contributed by atoms with Crippen LogP contribution in [-0.4, -0.2) is 32.8 Å². The maximum atomic E-state index is 13.8. The summed E-state index contributed by atoms with van der Waals surface area (Å²) in [7, 11) is -4.27. The van der Waals surface area contributed by atoms with Crippen LogP contribution in [-0.2, 0) is 25.3 Å². The van der Waals surface area contributed by atoms with Gasteiger partial charge >= 0.3 is 6.18 Å². The first-order valence-electron chi connectivity index (χ1n) is 8.84. The van der Waals surface area contributed by atoms with E-state index in [0.717, 1.165) is 31.2 Å². The van der Waals surface area contributed by atoms with Gasteiger partial charge in [-0.2, -0.15) is 32.1 Å². The molecule has 0 aliphatic rings. The van der Waals surface area contributed by atoms with E-state index < -0.39 is 51.4 Å². The van der Waals surface area contributed by atoms with Gasteiger partial charge in [-0.05, 0) is 37.3 Å². The van der Waals surface area contributed by atoms with E-state index in [1.807, 2.05) is 0 Å². The van der Waals surface area contributed by atoms with E-state index in [2.05, 4.69) is 5.32 Å². The summed E-state index contributed by atoms with van der Waals surface area (Å²) in [6, 6.07) is 8.46. The number of carbonyl (C=O) groups is 1. The van der Waals surface area contributed by atoms with E-state index in [1.165, 1.54) is 12.1 Å². The number of anilines is 1. The molecule has 0 fully saturated rings. The van der Waals surface area contributed by atoms with Gasteiger partial charge in [0.1, 0.15) is 24.2 Å². The fraction of sp³-hybridized carbons (Fsp3) is 0.250. The number of nitrogens with zero attached hydrogens (tertiary/aromatic N) is 2. The van der Waals surface area contributed by atoms with Crippen LogP contribution >= 0.6 is 0 Å². The third-order valence-corrected chi connectivity index (χ3v) is 4.76. The molecule has 0 aliphatic heterocycles. The van der Waals surface area contributed by atoms with E-state index in [-0.39, 0.29) is 17.0 Å². The van der Waals surface area contributed by atoms with Crippen molar-refractivity contribution in [3.63, 3.8) is 0 Å². The minimum Gasteiger partial charge on any atom is -0.490 e. The summed E-state index contributed by atoms with van der Waals surface area (Å²) in [6.45, 7) is 0.206. The summed E-state index contributed by atoms with van der Waals surface area (Å²) in [5.41, 5.74) is -4.94. The highest BCUT2D eigenvalue weighted by atomic mass is 32.2. The van der Waals surface area contributed by atoms with Gasteiger partial charge in [-0.1, -0.05) is 0 Å². The molecule has 0 saturated heterocycles. The number of benzene rings is 2. The number of hydrogen-bond acceptors (Lipinski definition) is 7. The summed E-state index contributed by atoms with van der Waals surface area (Å²) in [5, 5.41) is 19.7. The molecule has 174 valence electrons. The Morgan fingerprint density at radius 1 is 1.09 bits per heavy atom. The maximum absolute atomic E-state index is 13.8. The Morgan fingerprint density at radius 2 is 1.70 bits per heavy atom. The summed E-state index contributed by atoms with van der Waals surface area (Å²) in [6.07, 6.45) is -4.25. The van der Waals surface area contributed by atoms with Crippen LogP contribution in [0.25, 0.3) is 0 Å². The molecule has 0 radical (unpaired) electrons. The highest BCUT2D eigenvalue weighted by molar-refractivity contribution is 7.86. The number of nitrogens with one attached hydrogen (secondary N) is 1. The van der Waals surface area contributed by atoms with Crippen LogP contribution in [0.2, 0.25) is 0 Å². The second-order valence-electron chi connectivity index (χ2n) is 6.88. The number of alkyl halides is 3. The van der Waals surface area contributed by atoms with Gasteiger partial charge in [0.05, 0.1) is 29.0 Å². The molecule has 0 aliphatic carbocycles. The van der Waals surface area contributed by atoms with Crippen LogP contribution < -0.4 is 10.1 Å². The molecule has 1 atom stereocenters. The lowest BCUT2D eigenvalue weighted by Crippen LogP contribution is -2.48.